The van der Waals surface area contributed by atoms with Crippen LogP contribution in [0.3, 0.4) is 0 Å². The number of nitrogens with one attached hydrogen (secondary N) is 1. The van der Waals surface area contributed by atoms with Crippen molar-refractivity contribution >= 4 is 29.9 Å². The number of hydrogen-bond acceptors (Lipinski definition) is 6. The standard InChI is InChI=1S/C27H21F5N6OS/c28-17-3-4-20-25(24(17)32)37(27(40)34-20)15-5-8-36(9-6-15)26(39)21-12-22(14-2-1-7-33-13-14)38(35-21)16-10-18(29)23(31)19(30)11-16/h1-4,7,10-13,15,27,34,40H,5-6,8-9H2. The van der Waals surface area contributed by atoms with E-state index in [1.165, 1.54) is 18.3 Å². The molecule has 1 saturated heterocycles. The highest BCUT2D eigenvalue weighted by molar-refractivity contribution is 7.81. The molecule has 2 aliphatic rings. The molecule has 6 rings (SSSR count). The lowest BCUT2D eigenvalue weighted by molar-refractivity contribution is 0.0706. The predicted octanol–water partition coefficient (Wildman–Crippen LogP) is 5.38. The van der Waals surface area contributed by atoms with Crippen molar-refractivity contribution in [2.24, 2.45) is 0 Å². The quantitative estimate of drug-likeness (QED) is 0.195. The first-order valence-corrected chi connectivity index (χ1v) is 12.9. The summed E-state index contributed by atoms with van der Waals surface area (Å²) in [5, 5.41) is 7.35. The van der Waals surface area contributed by atoms with Crippen molar-refractivity contribution in [1.29, 1.82) is 0 Å². The van der Waals surface area contributed by atoms with Crippen LogP contribution < -0.4 is 10.2 Å². The van der Waals surface area contributed by atoms with Crippen molar-refractivity contribution in [2.45, 2.75) is 24.4 Å². The number of aromatic nitrogens is 3. The van der Waals surface area contributed by atoms with Crippen LogP contribution in [0.2, 0.25) is 0 Å². The molecule has 1 N–H and O–H groups in total. The van der Waals surface area contributed by atoms with E-state index in [9.17, 15) is 26.7 Å². The summed E-state index contributed by atoms with van der Waals surface area (Å²) in [5.74, 6) is -6.74. The molecule has 0 spiro atoms. The third kappa shape index (κ3) is 4.43. The molecular weight excluding hydrogens is 551 g/mol. The molecule has 0 aliphatic carbocycles. The molecule has 206 valence electrons. The number of likely N-dealkylation sites (tertiary alicyclic amines) is 1. The fourth-order valence-electron chi connectivity index (χ4n) is 5.20. The van der Waals surface area contributed by atoms with Gasteiger partial charge in [0.15, 0.2) is 34.8 Å². The van der Waals surface area contributed by atoms with Crippen LogP contribution in [-0.2, 0) is 0 Å². The molecule has 1 atom stereocenters. The van der Waals surface area contributed by atoms with E-state index in [4.69, 9.17) is 0 Å². The second-order valence-corrected chi connectivity index (χ2v) is 9.99. The van der Waals surface area contributed by atoms with Crippen molar-refractivity contribution < 1.29 is 26.7 Å². The molecule has 1 fully saturated rings. The Balaban J connectivity index is 1.26. The zero-order valence-electron chi connectivity index (χ0n) is 20.7. The number of carbonyl (C=O) groups is 1. The second kappa shape index (κ2) is 10.1. The molecule has 13 heteroatoms. The lowest BCUT2D eigenvalue weighted by atomic mass is 10.0. The van der Waals surface area contributed by atoms with Crippen molar-refractivity contribution in [3.05, 3.63) is 89.6 Å². The van der Waals surface area contributed by atoms with E-state index < -0.39 is 40.5 Å². The van der Waals surface area contributed by atoms with Gasteiger partial charge in [-0.3, -0.25) is 9.78 Å². The highest BCUT2D eigenvalue weighted by Gasteiger charge is 2.38. The third-order valence-electron chi connectivity index (χ3n) is 7.12. The number of fused-ring (bicyclic) bond motifs is 1. The molecule has 0 bridgehead atoms. The van der Waals surface area contributed by atoms with Crippen molar-refractivity contribution in [3.63, 3.8) is 0 Å². The third-order valence-corrected chi connectivity index (χ3v) is 7.50. The molecule has 7 nitrogen and oxygen atoms in total. The fraction of sp³-hybridized carbons (Fsp3) is 0.222. The molecule has 1 unspecified atom stereocenters. The molecule has 2 aromatic heterocycles. The van der Waals surface area contributed by atoms with Gasteiger partial charge in [0, 0.05) is 49.2 Å². The minimum Gasteiger partial charge on any atom is -0.355 e. The number of anilines is 2. The number of nitrogens with zero attached hydrogens (tertiary/aromatic N) is 5. The number of rotatable bonds is 4. The van der Waals surface area contributed by atoms with Gasteiger partial charge in [0.1, 0.15) is 11.2 Å². The van der Waals surface area contributed by atoms with Crippen LogP contribution >= 0.6 is 12.6 Å². The maximum atomic E-state index is 14.7. The average Bonchev–Trinajstić information content (AvgIpc) is 3.55. The Labute approximate surface area is 230 Å². The summed E-state index contributed by atoms with van der Waals surface area (Å²) in [5.41, 5.74) is 0.743. The van der Waals surface area contributed by atoms with Crippen LogP contribution in [0.5, 0.6) is 0 Å². The molecule has 40 heavy (non-hydrogen) atoms. The minimum atomic E-state index is -1.61. The summed E-state index contributed by atoms with van der Waals surface area (Å²) in [7, 11) is 0. The van der Waals surface area contributed by atoms with Crippen LogP contribution in [0.15, 0.2) is 54.9 Å². The molecule has 2 aliphatic heterocycles. The van der Waals surface area contributed by atoms with E-state index in [0.29, 0.717) is 42.9 Å². The topological polar surface area (TPSA) is 66.3 Å². The Bertz CT molecular complexity index is 1590. The number of carbonyl (C=O) groups excluding carboxylic acids is 1. The lowest BCUT2D eigenvalue weighted by Crippen LogP contribution is -2.49. The van der Waals surface area contributed by atoms with E-state index >= 15 is 0 Å². The van der Waals surface area contributed by atoms with Crippen LogP contribution in [0.25, 0.3) is 16.9 Å². The molecule has 0 radical (unpaired) electrons. The van der Waals surface area contributed by atoms with Gasteiger partial charge in [-0.15, -0.1) is 12.6 Å². The molecular formula is C27H21F5N6OS. The molecule has 1 amide bonds. The highest BCUT2D eigenvalue weighted by atomic mass is 32.1. The zero-order chi connectivity index (χ0) is 28.1. The lowest BCUT2D eigenvalue weighted by Gasteiger charge is -2.39. The summed E-state index contributed by atoms with van der Waals surface area (Å²) in [4.78, 5) is 20.8. The Morgan fingerprint density at radius 2 is 1.68 bits per heavy atom. The smallest absolute Gasteiger partial charge is 0.274 e. The van der Waals surface area contributed by atoms with Crippen molar-refractivity contribution in [1.82, 2.24) is 19.7 Å². The Morgan fingerprint density at radius 3 is 2.35 bits per heavy atom. The average molecular weight is 573 g/mol. The first kappa shape index (κ1) is 26.1. The van der Waals surface area contributed by atoms with Crippen LogP contribution in [0.4, 0.5) is 33.3 Å². The van der Waals surface area contributed by atoms with Gasteiger partial charge in [0.25, 0.3) is 5.91 Å². The van der Waals surface area contributed by atoms with E-state index in [0.717, 1.165) is 22.9 Å². The Morgan fingerprint density at radius 1 is 0.950 bits per heavy atom. The zero-order valence-corrected chi connectivity index (χ0v) is 21.6. The number of thiol groups is 1. The molecule has 4 aromatic rings. The number of hydrogen-bond donors (Lipinski definition) is 2. The number of amides is 1. The van der Waals surface area contributed by atoms with Gasteiger partial charge >= 0.3 is 0 Å². The van der Waals surface area contributed by atoms with Crippen LogP contribution in [0, 0.1) is 29.1 Å². The summed E-state index contributed by atoms with van der Waals surface area (Å²) < 4.78 is 71.5. The van der Waals surface area contributed by atoms with E-state index in [-0.39, 0.29) is 23.1 Å². The van der Waals surface area contributed by atoms with Gasteiger partial charge in [-0.2, -0.15) is 5.10 Å². The summed E-state index contributed by atoms with van der Waals surface area (Å²) >= 11 is 4.50. The maximum Gasteiger partial charge on any atom is 0.274 e. The molecule has 2 aromatic carbocycles. The van der Waals surface area contributed by atoms with E-state index in [1.54, 1.807) is 28.1 Å². The second-order valence-electron chi connectivity index (χ2n) is 9.50. The first-order valence-electron chi connectivity index (χ1n) is 12.4. The van der Waals surface area contributed by atoms with E-state index in [2.05, 4.69) is 28.0 Å². The monoisotopic (exact) mass is 572 g/mol. The van der Waals surface area contributed by atoms with Gasteiger partial charge < -0.3 is 15.1 Å². The Hall–Kier alpha value is -4.13. The summed E-state index contributed by atoms with van der Waals surface area (Å²) in [6.45, 7) is 0.587. The largest absolute Gasteiger partial charge is 0.355 e. The predicted molar refractivity (Wildman–Crippen MR) is 141 cm³/mol. The normalized spacial score (nSPS) is 17.2. The highest BCUT2D eigenvalue weighted by Crippen LogP contribution is 2.42. The van der Waals surface area contributed by atoms with Gasteiger partial charge in [-0.05, 0) is 43.2 Å². The SMILES string of the molecule is O=C(c1cc(-c2cccnc2)n(-c2cc(F)c(F)c(F)c2)n1)N1CCC(N2c3c(ccc(F)c3F)NC2S)CC1. The van der Waals surface area contributed by atoms with Gasteiger partial charge in [0.05, 0.1) is 17.1 Å². The number of halogens is 5. The van der Waals surface area contributed by atoms with Crippen molar-refractivity contribution in [3.8, 4) is 16.9 Å². The fourth-order valence-corrected chi connectivity index (χ4v) is 5.64. The Kier molecular flexibility index (Phi) is 6.61. The van der Waals surface area contributed by atoms with Gasteiger partial charge in [0.2, 0.25) is 0 Å². The minimum absolute atomic E-state index is 0.0100. The number of pyridine rings is 1. The van der Waals surface area contributed by atoms with Crippen LogP contribution in [-0.4, -0.2) is 50.2 Å². The van der Waals surface area contributed by atoms with Gasteiger partial charge in [-0.25, -0.2) is 26.6 Å². The maximum absolute atomic E-state index is 14.7. The molecule has 0 saturated carbocycles. The number of piperidine rings is 1. The van der Waals surface area contributed by atoms with Gasteiger partial charge in [-0.1, -0.05) is 0 Å². The summed E-state index contributed by atoms with van der Waals surface area (Å²) in [6.07, 6.45) is 3.94. The molecule has 4 heterocycles. The number of benzene rings is 2. The van der Waals surface area contributed by atoms with Crippen molar-refractivity contribution in [2.75, 3.05) is 23.3 Å². The van der Waals surface area contributed by atoms with Crippen LogP contribution in [0.1, 0.15) is 23.3 Å². The summed E-state index contributed by atoms with van der Waals surface area (Å²) in [6, 6.07) is 8.71. The first-order chi connectivity index (χ1) is 19.2. The van der Waals surface area contributed by atoms with E-state index in [1.807, 2.05) is 0 Å².